The summed E-state index contributed by atoms with van der Waals surface area (Å²) in [6, 6.07) is -0.693. The van der Waals surface area contributed by atoms with Crippen molar-refractivity contribution in [2.75, 3.05) is 13.7 Å². The Kier molecular flexibility index (Phi) is 10.6. The molecule has 2 nitrogen and oxygen atoms in total. The van der Waals surface area contributed by atoms with Gasteiger partial charge in [0.1, 0.15) is 0 Å². The van der Waals surface area contributed by atoms with E-state index in [0.717, 1.165) is 12.7 Å². The molecule has 0 radical (unpaired) electrons. The Bertz CT molecular complexity index is 147. The van der Waals surface area contributed by atoms with Crippen LogP contribution < -0.4 is 0 Å². The molecule has 0 spiro atoms. The number of rotatable bonds is 10. The SMILES string of the molecule is CCCCCCCC[Si](I)(OC)OCC. The van der Waals surface area contributed by atoms with Crippen LogP contribution in [-0.2, 0) is 8.85 Å². The summed E-state index contributed by atoms with van der Waals surface area (Å²) in [6.07, 6.45) is 8.03. The fourth-order valence-electron chi connectivity index (χ4n) is 1.57. The molecule has 0 rings (SSSR count). The van der Waals surface area contributed by atoms with Crippen LogP contribution in [0.1, 0.15) is 52.4 Å². The number of halogens is 1. The highest BCUT2D eigenvalue weighted by Crippen LogP contribution is 2.24. The molecule has 4 heteroatoms. The molecule has 15 heavy (non-hydrogen) atoms. The van der Waals surface area contributed by atoms with Gasteiger partial charge in [-0.1, -0.05) is 45.4 Å². The lowest BCUT2D eigenvalue weighted by Crippen LogP contribution is -2.33. The maximum absolute atomic E-state index is 5.71. The van der Waals surface area contributed by atoms with Gasteiger partial charge in [0.25, 0.3) is 0 Å². The summed E-state index contributed by atoms with van der Waals surface area (Å²) in [5.74, 6) is 0. The van der Waals surface area contributed by atoms with Crippen LogP contribution in [0, 0.1) is 0 Å². The van der Waals surface area contributed by atoms with Crippen molar-refractivity contribution < 1.29 is 8.85 Å². The van der Waals surface area contributed by atoms with Gasteiger partial charge in [-0.05, 0) is 28.7 Å². The van der Waals surface area contributed by atoms with Gasteiger partial charge < -0.3 is 8.85 Å². The highest BCUT2D eigenvalue weighted by molar-refractivity contribution is 14.1. The second-order valence-electron chi connectivity index (χ2n) is 3.81. The first-order valence-corrected chi connectivity index (χ1v) is 11.2. The molecule has 0 aliphatic rings. The van der Waals surface area contributed by atoms with Crippen molar-refractivity contribution in [1.29, 1.82) is 0 Å². The third-order valence-corrected chi connectivity index (χ3v) is 8.65. The third kappa shape index (κ3) is 8.65. The van der Waals surface area contributed by atoms with Crippen molar-refractivity contribution in [2.24, 2.45) is 0 Å². The topological polar surface area (TPSA) is 18.5 Å². The molecule has 0 aromatic heterocycles. The van der Waals surface area contributed by atoms with Crippen LogP contribution in [0.15, 0.2) is 0 Å². The minimum atomic E-state index is -1.82. The Morgan fingerprint density at radius 2 is 1.60 bits per heavy atom. The molecule has 0 saturated carbocycles. The third-order valence-electron chi connectivity index (χ3n) is 2.49. The smallest absolute Gasteiger partial charge is 0.390 e. The summed E-state index contributed by atoms with van der Waals surface area (Å²) in [4.78, 5) is 0. The van der Waals surface area contributed by atoms with Gasteiger partial charge in [-0.15, -0.1) is 0 Å². The highest BCUT2D eigenvalue weighted by atomic mass is 127. The molecule has 0 aliphatic carbocycles. The van der Waals surface area contributed by atoms with Crippen molar-refractivity contribution in [3.63, 3.8) is 0 Å². The zero-order valence-corrected chi connectivity index (χ0v) is 13.5. The summed E-state index contributed by atoms with van der Waals surface area (Å²) in [5, 5.41) is 0. The predicted octanol–water partition coefficient (Wildman–Crippen LogP) is 4.40. The monoisotopic (exact) mass is 344 g/mol. The van der Waals surface area contributed by atoms with E-state index in [9.17, 15) is 0 Å². The van der Waals surface area contributed by atoms with Crippen molar-refractivity contribution >= 4 is 27.9 Å². The van der Waals surface area contributed by atoms with E-state index in [0.29, 0.717) is 0 Å². The summed E-state index contributed by atoms with van der Waals surface area (Å²) in [7, 11) is 1.78. The highest BCUT2D eigenvalue weighted by Gasteiger charge is 2.31. The molecule has 0 aromatic carbocycles. The van der Waals surface area contributed by atoms with E-state index in [-0.39, 0.29) is 0 Å². The van der Waals surface area contributed by atoms with Gasteiger partial charge >= 0.3 is 6.06 Å². The van der Waals surface area contributed by atoms with Crippen LogP contribution in [-0.4, -0.2) is 19.8 Å². The molecule has 0 heterocycles. The van der Waals surface area contributed by atoms with E-state index in [2.05, 4.69) is 28.7 Å². The minimum Gasteiger partial charge on any atom is -0.390 e. The predicted molar refractivity (Wildman–Crippen MR) is 76.6 cm³/mol. The first kappa shape index (κ1) is 15.9. The average Bonchev–Trinajstić information content (AvgIpc) is 2.24. The fraction of sp³-hybridized carbons (Fsp3) is 1.00. The van der Waals surface area contributed by atoms with Crippen LogP contribution in [0.25, 0.3) is 0 Å². The van der Waals surface area contributed by atoms with Crippen LogP contribution in [0.5, 0.6) is 0 Å². The Balaban J connectivity index is 3.46. The van der Waals surface area contributed by atoms with Gasteiger partial charge in [0.15, 0.2) is 0 Å². The van der Waals surface area contributed by atoms with Crippen molar-refractivity contribution in [1.82, 2.24) is 0 Å². The second-order valence-corrected chi connectivity index (χ2v) is 11.3. The minimum absolute atomic E-state index is 0.777. The van der Waals surface area contributed by atoms with Gasteiger partial charge in [0, 0.05) is 19.8 Å². The molecule has 0 bridgehead atoms. The summed E-state index contributed by atoms with van der Waals surface area (Å²) in [6.45, 7) is 5.07. The number of hydrogen-bond donors (Lipinski definition) is 0. The summed E-state index contributed by atoms with van der Waals surface area (Å²) >= 11 is 2.40. The molecule has 0 saturated heterocycles. The standard InChI is InChI=1S/C11H25IO2Si/c1-4-6-7-8-9-10-11-15(12,13-3)14-5-2/h4-11H2,1-3H3. The molecular formula is C11H25IO2Si. The van der Waals surface area contributed by atoms with E-state index in [4.69, 9.17) is 8.85 Å². The van der Waals surface area contributed by atoms with Crippen LogP contribution in [0.3, 0.4) is 0 Å². The lowest BCUT2D eigenvalue weighted by Gasteiger charge is -2.21. The largest absolute Gasteiger partial charge is 0.407 e. The molecule has 0 aliphatic heterocycles. The Labute approximate surface area is 109 Å². The Hall–Kier alpha value is 0.867. The molecule has 0 amide bonds. The molecule has 1 unspecified atom stereocenters. The summed E-state index contributed by atoms with van der Waals surface area (Å²) in [5.41, 5.74) is 0. The van der Waals surface area contributed by atoms with Crippen molar-refractivity contribution in [3.8, 4) is 0 Å². The van der Waals surface area contributed by atoms with Crippen molar-refractivity contribution in [3.05, 3.63) is 0 Å². The molecular weight excluding hydrogens is 319 g/mol. The molecule has 0 aromatic rings. The van der Waals surface area contributed by atoms with E-state index < -0.39 is 6.06 Å². The van der Waals surface area contributed by atoms with Crippen molar-refractivity contribution in [2.45, 2.75) is 58.4 Å². The van der Waals surface area contributed by atoms with Gasteiger partial charge in [-0.3, -0.25) is 0 Å². The van der Waals surface area contributed by atoms with E-state index in [1.165, 1.54) is 38.5 Å². The second kappa shape index (κ2) is 10.0. The molecule has 1 atom stereocenters. The molecule has 0 fully saturated rings. The maximum Gasteiger partial charge on any atom is 0.407 e. The van der Waals surface area contributed by atoms with Gasteiger partial charge in [0.05, 0.1) is 0 Å². The number of hydrogen-bond acceptors (Lipinski definition) is 2. The average molecular weight is 344 g/mol. The first-order chi connectivity index (χ1) is 7.18. The normalized spacial score (nSPS) is 15.2. The van der Waals surface area contributed by atoms with Crippen LogP contribution >= 0.6 is 21.8 Å². The lowest BCUT2D eigenvalue weighted by molar-refractivity contribution is 0.235. The van der Waals surface area contributed by atoms with Gasteiger partial charge in [-0.2, -0.15) is 0 Å². The van der Waals surface area contributed by atoms with E-state index >= 15 is 0 Å². The zero-order valence-electron chi connectivity index (χ0n) is 10.4. The summed E-state index contributed by atoms with van der Waals surface area (Å²) < 4.78 is 11.2. The Morgan fingerprint density at radius 1 is 1.00 bits per heavy atom. The molecule has 92 valence electrons. The van der Waals surface area contributed by atoms with Crippen LogP contribution in [0.2, 0.25) is 6.04 Å². The first-order valence-electron chi connectivity index (χ1n) is 6.06. The van der Waals surface area contributed by atoms with E-state index in [1.807, 2.05) is 6.92 Å². The van der Waals surface area contributed by atoms with Gasteiger partial charge in [0.2, 0.25) is 0 Å². The lowest BCUT2D eigenvalue weighted by atomic mass is 10.1. The van der Waals surface area contributed by atoms with Crippen LogP contribution in [0.4, 0.5) is 0 Å². The fourth-order valence-corrected chi connectivity index (χ4v) is 5.21. The molecule has 0 N–H and O–H groups in total. The Morgan fingerprint density at radius 3 is 2.13 bits per heavy atom. The van der Waals surface area contributed by atoms with E-state index in [1.54, 1.807) is 7.11 Å². The zero-order chi connectivity index (χ0) is 11.6. The van der Waals surface area contributed by atoms with Gasteiger partial charge in [-0.25, -0.2) is 0 Å². The quantitative estimate of drug-likeness (QED) is 0.253. The number of unbranched alkanes of at least 4 members (excludes halogenated alkanes) is 5. The maximum atomic E-state index is 5.71.